The first kappa shape index (κ1) is 16.5. The average molecular weight is 318 g/mol. The Morgan fingerprint density at radius 2 is 1.86 bits per heavy atom. The second kappa shape index (κ2) is 6.50. The van der Waals surface area contributed by atoms with Gasteiger partial charge in [0.1, 0.15) is 0 Å². The Kier molecular flexibility index (Phi) is 5.11. The van der Waals surface area contributed by atoms with Gasteiger partial charge >= 0.3 is 0 Å². The predicted molar refractivity (Wildman–Crippen MR) is 81.3 cm³/mol. The van der Waals surface area contributed by atoms with Crippen molar-refractivity contribution in [3.8, 4) is 0 Å². The van der Waals surface area contributed by atoms with E-state index in [0.717, 1.165) is 32.1 Å². The Morgan fingerprint density at radius 1 is 1.29 bits per heavy atom. The van der Waals surface area contributed by atoms with Crippen LogP contribution in [0.2, 0.25) is 0 Å². The Hall–Kier alpha value is -0.860. The van der Waals surface area contributed by atoms with Gasteiger partial charge in [-0.1, -0.05) is 31.3 Å². The third-order valence-electron chi connectivity index (χ3n) is 4.71. The van der Waals surface area contributed by atoms with E-state index < -0.39 is 15.7 Å². The number of nitrogens with one attached hydrogen (secondary N) is 1. The third kappa shape index (κ3) is 3.67. The molecule has 0 bridgehead atoms. The molecule has 0 aromatic rings. The van der Waals surface area contributed by atoms with Gasteiger partial charge in [0.05, 0.1) is 5.54 Å². The van der Waals surface area contributed by atoms with E-state index >= 15 is 0 Å². The molecular weight excluding hydrogens is 292 g/mol. The van der Waals surface area contributed by atoms with E-state index in [0.29, 0.717) is 31.8 Å². The minimum Gasteiger partial charge on any atom is -0.409 e. The van der Waals surface area contributed by atoms with E-state index in [9.17, 15) is 8.42 Å². The molecule has 1 saturated heterocycles. The summed E-state index contributed by atoms with van der Waals surface area (Å²) in [6.45, 7) is 3.20. The maximum absolute atomic E-state index is 12.6. The lowest BCUT2D eigenvalue weighted by Gasteiger charge is -2.39. The molecule has 122 valence electrons. The van der Waals surface area contributed by atoms with Crippen LogP contribution in [-0.4, -0.2) is 42.4 Å². The van der Waals surface area contributed by atoms with E-state index in [2.05, 4.69) is 16.8 Å². The van der Waals surface area contributed by atoms with Gasteiger partial charge in [-0.15, -0.1) is 0 Å². The van der Waals surface area contributed by atoms with Crippen molar-refractivity contribution in [3.05, 3.63) is 0 Å². The van der Waals surface area contributed by atoms with Crippen molar-refractivity contribution in [2.75, 3.05) is 13.1 Å². The average Bonchev–Trinajstić information content (AvgIpc) is 2.47. The quantitative estimate of drug-likeness (QED) is 0.311. The van der Waals surface area contributed by atoms with E-state index in [1.165, 1.54) is 4.31 Å². The molecule has 1 aliphatic heterocycles. The van der Waals surface area contributed by atoms with E-state index in [1.807, 2.05) is 0 Å². The number of rotatable bonds is 4. The largest absolute Gasteiger partial charge is 0.409 e. The number of hydrogen-bond acceptors (Lipinski definition) is 4. The van der Waals surface area contributed by atoms with Crippen molar-refractivity contribution in [2.24, 2.45) is 16.8 Å². The summed E-state index contributed by atoms with van der Waals surface area (Å²) in [6.07, 6.45) is 5.68. The lowest BCUT2D eigenvalue weighted by atomic mass is 9.82. The van der Waals surface area contributed by atoms with Gasteiger partial charge in [0.2, 0.25) is 0 Å². The van der Waals surface area contributed by atoms with Crippen LogP contribution >= 0.6 is 0 Å². The maximum atomic E-state index is 12.6. The molecule has 0 amide bonds. The summed E-state index contributed by atoms with van der Waals surface area (Å²) < 4.78 is 29.4. The molecule has 0 spiro atoms. The minimum absolute atomic E-state index is 0.0313. The molecule has 2 fully saturated rings. The molecule has 0 radical (unpaired) electrons. The van der Waals surface area contributed by atoms with Crippen LogP contribution in [0.4, 0.5) is 0 Å². The highest BCUT2D eigenvalue weighted by Gasteiger charge is 2.42. The van der Waals surface area contributed by atoms with Crippen molar-refractivity contribution in [3.63, 3.8) is 0 Å². The minimum atomic E-state index is -3.61. The Bertz CT molecular complexity index is 478. The van der Waals surface area contributed by atoms with E-state index in [-0.39, 0.29) is 5.84 Å². The lowest BCUT2D eigenvalue weighted by Crippen LogP contribution is -2.61. The molecule has 1 saturated carbocycles. The first-order chi connectivity index (χ1) is 9.89. The first-order valence-corrected chi connectivity index (χ1v) is 9.11. The zero-order valence-electron chi connectivity index (χ0n) is 12.6. The van der Waals surface area contributed by atoms with Crippen molar-refractivity contribution < 1.29 is 13.6 Å². The Balaban J connectivity index is 2.15. The molecular formula is C13H26N4O3S. The van der Waals surface area contributed by atoms with Crippen molar-refractivity contribution >= 4 is 16.0 Å². The SMILES string of the molecule is CC1CCN(S(=O)(=O)NC2(/C(N)=N/O)CCCCC2)CC1. The zero-order chi connectivity index (χ0) is 15.5. The highest BCUT2D eigenvalue weighted by molar-refractivity contribution is 7.87. The number of piperidine rings is 1. The molecule has 1 aliphatic carbocycles. The van der Waals surface area contributed by atoms with Crippen molar-refractivity contribution in [1.82, 2.24) is 9.03 Å². The number of oxime groups is 1. The van der Waals surface area contributed by atoms with E-state index in [1.54, 1.807) is 0 Å². The van der Waals surface area contributed by atoms with Gasteiger partial charge < -0.3 is 10.9 Å². The van der Waals surface area contributed by atoms with Gasteiger partial charge in [-0.25, -0.2) is 0 Å². The molecule has 7 nitrogen and oxygen atoms in total. The molecule has 2 rings (SSSR count). The summed E-state index contributed by atoms with van der Waals surface area (Å²) in [5.41, 5.74) is 4.86. The van der Waals surface area contributed by atoms with Crippen molar-refractivity contribution in [2.45, 2.75) is 57.4 Å². The normalized spacial score (nSPS) is 25.9. The molecule has 0 aromatic heterocycles. The molecule has 0 aromatic carbocycles. The monoisotopic (exact) mass is 318 g/mol. The fourth-order valence-corrected chi connectivity index (χ4v) is 4.82. The maximum Gasteiger partial charge on any atom is 0.280 e. The molecule has 8 heteroatoms. The highest BCUT2D eigenvalue weighted by Crippen LogP contribution is 2.30. The summed E-state index contributed by atoms with van der Waals surface area (Å²) in [7, 11) is -3.61. The summed E-state index contributed by atoms with van der Waals surface area (Å²) >= 11 is 0. The molecule has 0 atom stereocenters. The Morgan fingerprint density at radius 3 is 2.38 bits per heavy atom. The standard InChI is InChI=1S/C13H26N4O3S/c1-11-5-9-17(10-6-11)21(19,20)16-13(12(14)15-18)7-3-2-4-8-13/h11,16,18H,2-10H2,1H3,(H2,14,15). The van der Waals surface area contributed by atoms with Gasteiger partial charge in [0.15, 0.2) is 5.84 Å². The molecule has 21 heavy (non-hydrogen) atoms. The third-order valence-corrected chi connectivity index (χ3v) is 6.41. The van der Waals surface area contributed by atoms with Crippen LogP contribution in [0.5, 0.6) is 0 Å². The number of nitrogens with two attached hydrogens (primary N) is 1. The van der Waals surface area contributed by atoms with Crippen molar-refractivity contribution in [1.29, 1.82) is 0 Å². The lowest BCUT2D eigenvalue weighted by molar-refractivity contribution is 0.269. The van der Waals surface area contributed by atoms with Crippen LogP contribution in [0.3, 0.4) is 0 Å². The highest BCUT2D eigenvalue weighted by atomic mass is 32.2. The summed E-state index contributed by atoms with van der Waals surface area (Å²) in [5.74, 6) is 0.528. The van der Waals surface area contributed by atoms with Crippen LogP contribution in [-0.2, 0) is 10.2 Å². The number of nitrogens with zero attached hydrogens (tertiary/aromatic N) is 2. The first-order valence-electron chi connectivity index (χ1n) is 7.67. The smallest absolute Gasteiger partial charge is 0.280 e. The fraction of sp³-hybridized carbons (Fsp3) is 0.923. The molecule has 0 unspecified atom stereocenters. The van der Waals surface area contributed by atoms with Gasteiger partial charge in [0.25, 0.3) is 10.2 Å². The van der Waals surface area contributed by atoms with Gasteiger partial charge in [-0.05, 0) is 31.6 Å². The van der Waals surface area contributed by atoms with Gasteiger partial charge in [-0.2, -0.15) is 17.4 Å². The van der Waals surface area contributed by atoms with Crippen LogP contribution < -0.4 is 10.5 Å². The van der Waals surface area contributed by atoms with Crippen LogP contribution in [0.1, 0.15) is 51.9 Å². The second-order valence-electron chi connectivity index (χ2n) is 6.32. The summed E-state index contributed by atoms with van der Waals surface area (Å²) in [5, 5.41) is 12.1. The van der Waals surface area contributed by atoms with Gasteiger partial charge in [-0.3, -0.25) is 0 Å². The summed E-state index contributed by atoms with van der Waals surface area (Å²) in [6, 6.07) is 0. The fourth-order valence-electron chi connectivity index (χ4n) is 3.20. The number of hydrogen-bond donors (Lipinski definition) is 3. The topological polar surface area (TPSA) is 108 Å². The van der Waals surface area contributed by atoms with Gasteiger partial charge in [0, 0.05) is 13.1 Å². The van der Waals surface area contributed by atoms with Crippen LogP contribution in [0, 0.1) is 5.92 Å². The molecule has 2 aliphatic rings. The van der Waals surface area contributed by atoms with E-state index in [4.69, 9.17) is 10.9 Å². The number of amidine groups is 1. The summed E-state index contributed by atoms with van der Waals surface area (Å²) in [4.78, 5) is 0. The van der Waals surface area contributed by atoms with Crippen LogP contribution in [0.25, 0.3) is 0 Å². The molecule has 4 N–H and O–H groups in total. The Labute approximate surface area is 126 Å². The second-order valence-corrected chi connectivity index (χ2v) is 7.99. The van der Waals surface area contributed by atoms with Crippen LogP contribution in [0.15, 0.2) is 5.16 Å². The predicted octanol–water partition coefficient (Wildman–Crippen LogP) is 1.00. The molecule has 1 heterocycles. The zero-order valence-corrected chi connectivity index (χ0v) is 13.4.